The first-order chi connectivity index (χ1) is 17.3. The third kappa shape index (κ3) is 6.86. The van der Waals surface area contributed by atoms with E-state index in [1.54, 1.807) is 30.6 Å². The van der Waals surface area contributed by atoms with Crippen LogP contribution in [-0.2, 0) is 22.5 Å². The van der Waals surface area contributed by atoms with Crippen LogP contribution >= 0.6 is 34.7 Å². The lowest BCUT2D eigenvalue weighted by Crippen LogP contribution is -2.17. The SMILES string of the molecule is C=CCn1c(SCC(=O)Nc2sc(CC)cc2C(=O)OCC)nnc1C(C)Oc1ccc(F)cc1Cl. The molecule has 3 aromatic rings. The third-order valence-corrected chi connectivity index (χ3v) is 7.29. The summed E-state index contributed by atoms with van der Waals surface area (Å²) in [7, 11) is 0. The van der Waals surface area contributed by atoms with Crippen molar-refractivity contribution in [2.24, 2.45) is 0 Å². The van der Waals surface area contributed by atoms with Crippen LogP contribution < -0.4 is 10.1 Å². The number of ether oxygens (including phenoxy) is 2. The van der Waals surface area contributed by atoms with Gasteiger partial charge in [-0.15, -0.1) is 28.1 Å². The molecule has 2 heterocycles. The number of aromatic nitrogens is 3. The van der Waals surface area contributed by atoms with E-state index in [2.05, 4.69) is 22.1 Å². The van der Waals surface area contributed by atoms with Crippen molar-refractivity contribution < 1.29 is 23.5 Å². The molecule has 0 saturated carbocycles. The summed E-state index contributed by atoms with van der Waals surface area (Å²) in [6.07, 6.45) is 1.85. The molecule has 0 saturated heterocycles. The molecule has 1 amide bonds. The smallest absolute Gasteiger partial charge is 0.341 e. The normalized spacial score (nSPS) is 11.7. The minimum atomic E-state index is -0.561. The molecule has 0 spiro atoms. The first-order valence-electron chi connectivity index (χ1n) is 11.1. The fraction of sp³-hybridized carbons (Fsp3) is 0.333. The van der Waals surface area contributed by atoms with Crippen molar-refractivity contribution in [2.75, 3.05) is 17.7 Å². The maximum Gasteiger partial charge on any atom is 0.341 e. The number of carbonyl (C=O) groups excluding carboxylic acids is 2. The Morgan fingerprint density at radius 1 is 1.33 bits per heavy atom. The Morgan fingerprint density at radius 3 is 2.78 bits per heavy atom. The van der Waals surface area contributed by atoms with Crippen molar-refractivity contribution >= 4 is 51.6 Å². The molecule has 2 aromatic heterocycles. The van der Waals surface area contributed by atoms with E-state index in [1.807, 2.05) is 6.92 Å². The highest BCUT2D eigenvalue weighted by Gasteiger charge is 2.22. The summed E-state index contributed by atoms with van der Waals surface area (Å²) in [5.74, 6) is -0.389. The number of thiophene rings is 1. The van der Waals surface area contributed by atoms with Crippen molar-refractivity contribution in [3.05, 3.63) is 64.0 Å². The molecule has 0 radical (unpaired) electrons. The number of thioether (sulfide) groups is 1. The molecule has 0 bridgehead atoms. The molecular formula is C24H26ClFN4O4S2. The number of nitrogens with one attached hydrogen (secondary N) is 1. The number of nitrogens with zero attached hydrogens (tertiary/aromatic N) is 3. The molecule has 1 aromatic carbocycles. The minimum Gasteiger partial charge on any atom is -0.481 e. The van der Waals surface area contributed by atoms with Crippen LogP contribution in [0.25, 0.3) is 0 Å². The lowest BCUT2D eigenvalue weighted by atomic mass is 10.2. The molecule has 36 heavy (non-hydrogen) atoms. The highest BCUT2D eigenvalue weighted by Crippen LogP contribution is 2.31. The van der Waals surface area contributed by atoms with Crippen LogP contribution in [-0.4, -0.2) is 39.0 Å². The van der Waals surface area contributed by atoms with Crippen LogP contribution in [0.2, 0.25) is 5.02 Å². The van der Waals surface area contributed by atoms with Crippen LogP contribution in [0.1, 0.15) is 47.9 Å². The van der Waals surface area contributed by atoms with Gasteiger partial charge in [-0.3, -0.25) is 9.36 Å². The van der Waals surface area contributed by atoms with E-state index < -0.39 is 17.9 Å². The van der Waals surface area contributed by atoms with Gasteiger partial charge in [-0.2, -0.15) is 0 Å². The largest absolute Gasteiger partial charge is 0.481 e. The number of allylic oxidation sites excluding steroid dienone is 1. The monoisotopic (exact) mass is 552 g/mol. The highest BCUT2D eigenvalue weighted by molar-refractivity contribution is 7.99. The number of anilines is 1. The standard InChI is InChI=1S/C24H26ClFN4O4S2/c1-5-10-30-21(14(4)34-19-9-8-15(26)11-18(19)25)28-29-24(30)35-13-20(31)27-22-17(23(32)33-7-3)12-16(6-2)36-22/h5,8-9,11-12,14H,1,6-7,10,13H2,2-4H3,(H,27,31). The summed E-state index contributed by atoms with van der Waals surface area (Å²) in [6.45, 7) is 9.88. The number of esters is 1. The topological polar surface area (TPSA) is 95.3 Å². The number of aryl methyl sites for hydroxylation is 1. The van der Waals surface area contributed by atoms with Gasteiger partial charge in [0.25, 0.3) is 0 Å². The second-order valence-corrected chi connectivity index (χ2v) is 9.93. The number of benzene rings is 1. The van der Waals surface area contributed by atoms with Crippen molar-refractivity contribution in [3.8, 4) is 5.75 Å². The number of halogens is 2. The minimum absolute atomic E-state index is 0.0376. The summed E-state index contributed by atoms with van der Waals surface area (Å²) < 4.78 is 26.1. The molecular weight excluding hydrogens is 527 g/mol. The first-order valence-corrected chi connectivity index (χ1v) is 13.3. The lowest BCUT2D eigenvalue weighted by molar-refractivity contribution is -0.113. The average Bonchev–Trinajstić information content (AvgIpc) is 3.44. The van der Waals surface area contributed by atoms with Gasteiger partial charge >= 0.3 is 5.97 Å². The Hall–Kier alpha value is -2.89. The second kappa shape index (κ2) is 12.9. The predicted molar refractivity (Wildman–Crippen MR) is 140 cm³/mol. The molecule has 192 valence electrons. The molecule has 12 heteroatoms. The quantitative estimate of drug-likeness (QED) is 0.169. The Morgan fingerprint density at radius 2 is 2.11 bits per heavy atom. The predicted octanol–water partition coefficient (Wildman–Crippen LogP) is 5.93. The van der Waals surface area contributed by atoms with Crippen LogP contribution in [0.5, 0.6) is 5.75 Å². The van der Waals surface area contributed by atoms with Crippen LogP contribution in [0.4, 0.5) is 9.39 Å². The molecule has 0 aliphatic carbocycles. The Labute approximate surface area is 221 Å². The van der Waals surface area contributed by atoms with Crippen molar-refractivity contribution in [1.82, 2.24) is 14.8 Å². The second-order valence-electron chi connectivity index (χ2n) is 7.44. The average molecular weight is 553 g/mol. The van der Waals surface area contributed by atoms with E-state index in [0.29, 0.717) is 33.8 Å². The maximum absolute atomic E-state index is 13.3. The molecule has 1 atom stereocenters. The van der Waals surface area contributed by atoms with Crippen LogP contribution in [0, 0.1) is 5.82 Å². The Bertz CT molecular complexity index is 1250. The third-order valence-electron chi connectivity index (χ3n) is 4.83. The molecule has 1 unspecified atom stereocenters. The van der Waals surface area contributed by atoms with E-state index in [4.69, 9.17) is 21.1 Å². The summed E-state index contributed by atoms with van der Waals surface area (Å²) in [4.78, 5) is 25.9. The van der Waals surface area contributed by atoms with Crippen molar-refractivity contribution in [3.63, 3.8) is 0 Å². The first kappa shape index (κ1) is 27.7. The van der Waals surface area contributed by atoms with Gasteiger partial charge in [-0.25, -0.2) is 9.18 Å². The summed E-state index contributed by atoms with van der Waals surface area (Å²) in [6, 6.07) is 5.61. The van der Waals surface area contributed by atoms with Gasteiger partial charge < -0.3 is 14.8 Å². The fourth-order valence-corrected chi connectivity index (χ4v) is 5.15. The number of rotatable bonds is 12. The van der Waals surface area contributed by atoms with E-state index >= 15 is 0 Å². The molecule has 3 rings (SSSR count). The van der Waals surface area contributed by atoms with E-state index in [1.165, 1.54) is 41.3 Å². The van der Waals surface area contributed by atoms with E-state index in [9.17, 15) is 14.0 Å². The molecule has 0 aliphatic heterocycles. The Kier molecular flexibility index (Phi) is 9.91. The van der Waals surface area contributed by atoms with Gasteiger partial charge in [0.2, 0.25) is 5.91 Å². The molecule has 0 fully saturated rings. The fourth-order valence-electron chi connectivity index (χ4n) is 3.18. The number of hydrogen-bond donors (Lipinski definition) is 1. The van der Waals surface area contributed by atoms with Crippen LogP contribution in [0.3, 0.4) is 0 Å². The Balaban J connectivity index is 1.70. The maximum atomic E-state index is 13.3. The van der Waals surface area contributed by atoms with Gasteiger partial charge in [-0.05, 0) is 44.5 Å². The van der Waals surface area contributed by atoms with Gasteiger partial charge in [0, 0.05) is 11.4 Å². The van der Waals surface area contributed by atoms with E-state index in [-0.39, 0.29) is 23.3 Å². The molecule has 1 N–H and O–H groups in total. The number of carbonyl (C=O) groups is 2. The summed E-state index contributed by atoms with van der Waals surface area (Å²) in [5.41, 5.74) is 0.347. The zero-order valence-corrected chi connectivity index (χ0v) is 22.4. The number of amides is 1. The lowest BCUT2D eigenvalue weighted by Gasteiger charge is -2.16. The zero-order valence-electron chi connectivity index (χ0n) is 20.0. The number of hydrogen-bond acceptors (Lipinski definition) is 8. The summed E-state index contributed by atoms with van der Waals surface area (Å²) >= 11 is 8.61. The molecule has 0 aliphatic rings. The van der Waals surface area contributed by atoms with Crippen molar-refractivity contribution in [2.45, 2.75) is 45.0 Å². The zero-order chi connectivity index (χ0) is 26.2. The van der Waals surface area contributed by atoms with Crippen molar-refractivity contribution in [1.29, 1.82) is 0 Å². The van der Waals surface area contributed by atoms with Gasteiger partial charge in [0.05, 0.1) is 22.9 Å². The van der Waals surface area contributed by atoms with Gasteiger partial charge in [0.1, 0.15) is 16.6 Å². The summed E-state index contributed by atoms with van der Waals surface area (Å²) in [5, 5.41) is 12.3. The van der Waals surface area contributed by atoms with E-state index in [0.717, 1.165) is 11.3 Å². The van der Waals surface area contributed by atoms with Crippen LogP contribution in [0.15, 0.2) is 42.1 Å². The molecule has 8 nitrogen and oxygen atoms in total. The van der Waals surface area contributed by atoms with Gasteiger partial charge in [-0.1, -0.05) is 36.4 Å². The van der Waals surface area contributed by atoms with Gasteiger partial charge in [0.15, 0.2) is 17.1 Å². The highest BCUT2D eigenvalue weighted by atomic mass is 35.5.